The van der Waals surface area contributed by atoms with Crippen LogP contribution in [0.5, 0.6) is 0 Å². The summed E-state index contributed by atoms with van der Waals surface area (Å²) < 4.78 is 0. The van der Waals surface area contributed by atoms with Gasteiger partial charge in [-0.1, -0.05) is 49.4 Å². The first-order valence-corrected chi connectivity index (χ1v) is 9.62. The molecule has 1 fully saturated rings. The zero-order valence-corrected chi connectivity index (χ0v) is 16.3. The van der Waals surface area contributed by atoms with Gasteiger partial charge >= 0.3 is 0 Å². The average Bonchev–Trinajstić information content (AvgIpc) is 2.74. The Labute approximate surface area is 177 Å². The first-order chi connectivity index (χ1) is 13.6. The Morgan fingerprint density at radius 3 is 2.31 bits per heavy atom. The number of benzene rings is 2. The summed E-state index contributed by atoms with van der Waals surface area (Å²) in [5.41, 5.74) is 2.90. The number of aliphatic hydroxyl groups is 1. The van der Waals surface area contributed by atoms with Crippen molar-refractivity contribution in [1.29, 1.82) is 0 Å². The first kappa shape index (κ1) is 22.7. The van der Waals surface area contributed by atoms with Gasteiger partial charge in [0.25, 0.3) is 0 Å². The van der Waals surface area contributed by atoms with Crippen LogP contribution >= 0.6 is 11.6 Å². The van der Waals surface area contributed by atoms with Gasteiger partial charge in [0.2, 0.25) is 5.91 Å². The standard InChI is InChI=1S/C22H23ClN2O3.CH4/c23-19-8-5-17(6-9-19)15-22(28)25-13-11-24(12-14-25)21-4-2-1-3-18(21)7-10-20(27)16-26;/h1-10,26H,11-16H2;1H4/b10-7+;. The summed E-state index contributed by atoms with van der Waals surface area (Å²) in [7, 11) is 0. The van der Waals surface area contributed by atoms with Crippen LogP contribution in [0, 0.1) is 0 Å². The molecule has 0 radical (unpaired) electrons. The molecule has 0 bridgehead atoms. The number of rotatable bonds is 6. The summed E-state index contributed by atoms with van der Waals surface area (Å²) in [5, 5.41) is 9.54. The number of carbonyl (C=O) groups is 2. The van der Waals surface area contributed by atoms with E-state index >= 15 is 0 Å². The molecule has 1 amide bonds. The number of amides is 1. The zero-order chi connectivity index (χ0) is 19.9. The molecule has 1 aliphatic rings. The molecule has 6 heteroatoms. The fourth-order valence-corrected chi connectivity index (χ4v) is 3.36. The predicted molar refractivity (Wildman–Crippen MR) is 118 cm³/mol. The molecular weight excluding hydrogens is 388 g/mol. The zero-order valence-electron chi connectivity index (χ0n) is 15.6. The van der Waals surface area contributed by atoms with Gasteiger partial charge in [0.1, 0.15) is 6.61 Å². The van der Waals surface area contributed by atoms with Crippen LogP contribution in [0.2, 0.25) is 5.02 Å². The van der Waals surface area contributed by atoms with Gasteiger partial charge in [-0.2, -0.15) is 0 Å². The van der Waals surface area contributed by atoms with E-state index in [9.17, 15) is 9.59 Å². The fourth-order valence-electron chi connectivity index (χ4n) is 3.24. The number of ketones is 1. The quantitative estimate of drug-likeness (QED) is 0.735. The van der Waals surface area contributed by atoms with Crippen molar-refractivity contribution in [3.63, 3.8) is 0 Å². The van der Waals surface area contributed by atoms with Gasteiger partial charge in [-0.05, 0) is 41.5 Å². The molecule has 154 valence electrons. The monoisotopic (exact) mass is 414 g/mol. The maximum Gasteiger partial charge on any atom is 0.227 e. The Morgan fingerprint density at radius 1 is 1.00 bits per heavy atom. The van der Waals surface area contributed by atoms with Gasteiger partial charge in [-0.25, -0.2) is 0 Å². The lowest BCUT2D eigenvalue weighted by Crippen LogP contribution is -2.49. The van der Waals surface area contributed by atoms with E-state index in [4.69, 9.17) is 16.7 Å². The van der Waals surface area contributed by atoms with Crippen molar-refractivity contribution in [2.75, 3.05) is 37.7 Å². The minimum atomic E-state index is -0.493. The normalized spacial score (nSPS) is 14.0. The summed E-state index contributed by atoms with van der Waals surface area (Å²) in [6, 6.07) is 15.2. The van der Waals surface area contributed by atoms with E-state index in [1.807, 2.05) is 41.3 Å². The lowest BCUT2D eigenvalue weighted by molar-refractivity contribution is -0.130. The Balaban J connectivity index is 0.00000300. The summed E-state index contributed by atoms with van der Waals surface area (Å²) in [6.45, 7) is 2.27. The Kier molecular flexibility index (Phi) is 8.43. The predicted octanol–water partition coefficient (Wildman–Crippen LogP) is 3.44. The molecule has 2 aromatic rings. The molecule has 0 spiro atoms. The molecular formula is C23H27ClN2O3. The minimum Gasteiger partial charge on any atom is -0.388 e. The number of nitrogens with zero attached hydrogens (tertiary/aromatic N) is 2. The third-order valence-corrected chi connectivity index (χ3v) is 5.04. The van der Waals surface area contributed by atoms with Gasteiger partial charge in [0.05, 0.1) is 6.42 Å². The van der Waals surface area contributed by atoms with Crippen molar-refractivity contribution in [1.82, 2.24) is 4.90 Å². The van der Waals surface area contributed by atoms with Crippen molar-refractivity contribution in [2.24, 2.45) is 0 Å². The van der Waals surface area contributed by atoms with E-state index in [0.29, 0.717) is 24.5 Å². The van der Waals surface area contributed by atoms with E-state index in [1.54, 1.807) is 18.2 Å². The second kappa shape index (κ2) is 10.8. The molecule has 5 nitrogen and oxygen atoms in total. The van der Waals surface area contributed by atoms with Crippen LogP contribution in [0.25, 0.3) is 6.08 Å². The molecule has 0 aromatic heterocycles. The number of hydrogen-bond donors (Lipinski definition) is 1. The van der Waals surface area contributed by atoms with Gasteiger partial charge in [-0.15, -0.1) is 0 Å². The van der Waals surface area contributed by atoms with Crippen molar-refractivity contribution in [2.45, 2.75) is 13.8 Å². The van der Waals surface area contributed by atoms with Crippen molar-refractivity contribution < 1.29 is 14.7 Å². The molecule has 0 aliphatic carbocycles. The van der Waals surface area contributed by atoms with Crippen molar-refractivity contribution >= 4 is 35.1 Å². The molecule has 0 atom stereocenters. The molecule has 1 N–H and O–H groups in total. The number of para-hydroxylation sites is 1. The number of hydrogen-bond acceptors (Lipinski definition) is 4. The van der Waals surface area contributed by atoms with Crippen molar-refractivity contribution in [3.05, 3.63) is 70.8 Å². The first-order valence-electron chi connectivity index (χ1n) is 9.25. The van der Waals surface area contributed by atoms with E-state index in [0.717, 1.165) is 29.9 Å². The number of carbonyl (C=O) groups excluding carboxylic acids is 2. The topological polar surface area (TPSA) is 60.9 Å². The van der Waals surface area contributed by atoms with Gasteiger partial charge < -0.3 is 14.9 Å². The van der Waals surface area contributed by atoms with Crippen LogP contribution in [-0.2, 0) is 16.0 Å². The highest BCUT2D eigenvalue weighted by molar-refractivity contribution is 6.30. The van der Waals surface area contributed by atoms with Crippen LogP contribution in [0.15, 0.2) is 54.6 Å². The number of halogens is 1. The number of aliphatic hydroxyl groups excluding tert-OH is 1. The summed E-state index contributed by atoms with van der Waals surface area (Å²) in [4.78, 5) is 28.0. The van der Waals surface area contributed by atoms with E-state index in [1.165, 1.54) is 6.08 Å². The Morgan fingerprint density at radius 2 is 1.66 bits per heavy atom. The van der Waals surface area contributed by atoms with Gasteiger partial charge in [0, 0.05) is 36.9 Å². The second-order valence-electron chi connectivity index (χ2n) is 6.69. The lowest BCUT2D eigenvalue weighted by Gasteiger charge is -2.37. The molecule has 3 rings (SSSR count). The average molecular weight is 415 g/mol. The SMILES string of the molecule is C.O=C(/C=C/c1ccccc1N1CCN(C(=O)Cc2ccc(Cl)cc2)CC1)CO. The van der Waals surface area contributed by atoms with E-state index in [-0.39, 0.29) is 19.1 Å². The highest BCUT2D eigenvalue weighted by Crippen LogP contribution is 2.23. The lowest BCUT2D eigenvalue weighted by atomic mass is 10.1. The molecule has 2 aromatic carbocycles. The highest BCUT2D eigenvalue weighted by atomic mass is 35.5. The van der Waals surface area contributed by atoms with Crippen LogP contribution in [0.4, 0.5) is 5.69 Å². The van der Waals surface area contributed by atoms with Crippen LogP contribution in [0.1, 0.15) is 18.6 Å². The van der Waals surface area contributed by atoms with Crippen LogP contribution < -0.4 is 4.90 Å². The number of anilines is 1. The number of piperazine rings is 1. The van der Waals surface area contributed by atoms with Crippen LogP contribution in [0.3, 0.4) is 0 Å². The third kappa shape index (κ3) is 6.17. The molecule has 1 heterocycles. The summed E-state index contributed by atoms with van der Waals surface area (Å²) >= 11 is 5.90. The van der Waals surface area contributed by atoms with Gasteiger partial charge in [0.15, 0.2) is 5.78 Å². The van der Waals surface area contributed by atoms with E-state index in [2.05, 4.69) is 4.90 Å². The third-order valence-electron chi connectivity index (χ3n) is 4.78. The second-order valence-corrected chi connectivity index (χ2v) is 7.12. The maximum absolute atomic E-state index is 12.6. The largest absolute Gasteiger partial charge is 0.388 e. The van der Waals surface area contributed by atoms with E-state index < -0.39 is 6.61 Å². The maximum atomic E-state index is 12.6. The van der Waals surface area contributed by atoms with Crippen LogP contribution in [-0.4, -0.2) is 54.5 Å². The Hall–Kier alpha value is -2.63. The molecule has 1 saturated heterocycles. The minimum absolute atomic E-state index is 0. The van der Waals surface area contributed by atoms with Crippen molar-refractivity contribution in [3.8, 4) is 0 Å². The highest BCUT2D eigenvalue weighted by Gasteiger charge is 2.22. The fraction of sp³-hybridized carbons (Fsp3) is 0.304. The smallest absolute Gasteiger partial charge is 0.227 e. The molecule has 29 heavy (non-hydrogen) atoms. The summed E-state index contributed by atoms with van der Waals surface area (Å²) in [6.07, 6.45) is 3.50. The molecule has 0 saturated carbocycles. The summed E-state index contributed by atoms with van der Waals surface area (Å²) in [5.74, 6) is -0.212. The Bertz CT molecular complexity index is 857. The molecule has 1 aliphatic heterocycles. The van der Waals surface area contributed by atoms with Gasteiger partial charge in [-0.3, -0.25) is 9.59 Å². The molecule has 0 unspecified atom stereocenters.